The molecule has 0 aromatic heterocycles. The molecule has 15 heavy (non-hydrogen) atoms. The van der Waals surface area contributed by atoms with Crippen LogP contribution < -0.4 is 5.73 Å². The molecule has 82 valence electrons. The maximum absolute atomic E-state index is 5.88. The topological polar surface area (TPSA) is 29.3 Å². The van der Waals surface area contributed by atoms with Crippen molar-refractivity contribution < 1.29 is 0 Å². The smallest absolute Gasteiger partial charge is 0.0406 e. The Labute approximate surface area is 96.0 Å². The Bertz CT molecular complexity index is 323. The molecule has 1 saturated heterocycles. The maximum Gasteiger partial charge on any atom is 0.0406 e. The Balaban J connectivity index is 2.19. The van der Waals surface area contributed by atoms with Gasteiger partial charge < -0.3 is 10.6 Å². The molecule has 2 N–H and O–H groups in total. The molecule has 2 rings (SSSR count). The van der Waals surface area contributed by atoms with Crippen LogP contribution in [0.5, 0.6) is 0 Å². The lowest BCUT2D eigenvalue weighted by Crippen LogP contribution is -2.21. The van der Waals surface area contributed by atoms with Crippen LogP contribution in [0.15, 0.2) is 24.3 Å². The molecule has 0 radical (unpaired) electrons. The van der Waals surface area contributed by atoms with Gasteiger partial charge in [0.05, 0.1) is 0 Å². The zero-order valence-corrected chi connectivity index (χ0v) is 9.74. The lowest BCUT2D eigenvalue weighted by Gasteiger charge is -2.16. The molecule has 1 fully saturated rings. The van der Waals surface area contributed by atoms with Gasteiger partial charge in [-0.2, -0.15) is 0 Å². The standard InChI is InChI=1S/C12H17ClN2/c1-15-7-10(6-14)12(8-15)9-2-4-11(13)5-3-9/h2-5,10,12H,6-8,14H2,1H3/t10-,12+/m1/s1. The van der Waals surface area contributed by atoms with Gasteiger partial charge in [-0.15, -0.1) is 0 Å². The molecule has 0 saturated carbocycles. The van der Waals surface area contributed by atoms with Gasteiger partial charge in [-0.05, 0) is 37.2 Å². The summed E-state index contributed by atoms with van der Waals surface area (Å²) in [4.78, 5) is 2.34. The van der Waals surface area contributed by atoms with Crippen molar-refractivity contribution in [3.63, 3.8) is 0 Å². The summed E-state index contributed by atoms with van der Waals surface area (Å²) in [6, 6.07) is 8.16. The second-order valence-corrected chi connectivity index (χ2v) is 4.81. The van der Waals surface area contributed by atoms with Crippen LogP contribution in [-0.4, -0.2) is 31.6 Å². The minimum absolute atomic E-state index is 0.567. The number of likely N-dealkylation sites (tertiary alicyclic amines) is 1. The largest absolute Gasteiger partial charge is 0.330 e. The molecule has 1 heterocycles. The van der Waals surface area contributed by atoms with Crippen molar-refractivity contribution in [3.8, 4) is 0 Å². The molecule has 1 aromatic rings. The van der Waals surface area contributed by atoms with Crippen LogP contribution in [0, 0.1) is 5.92 Å². The van der Waals surface area contributed by atoms with Crippen LogP contribution in [0.25, 0.3) is 0 Å². The van der Waals surface area contributed by atoms with Crippen LogP contribution >= 0.6 is 11.6 Å². The third kappa shape index (κ3) is 2.33. The Hall–Kier alpha value is -0.570. The molecule has 0 spiro atoms. The number of hydrogen-bond donors (Lipinski definition) is 1. The van der Waals surface area contributed by atoms with E-state index in [1.165, 1.54) is 5.56 Å². The Morgan fingerprint density at radius 2 is 2.00 bits per heavy atom. The molecule has 3 heteroatoms. The van der Waals surface area contributed by atoms with E-state index in [0.717, 1.165) is 24.7 Å². The molecule has 1 aromatic carbocycles. The minimum atomic E-state index is 0.567. The van der Waals surface area contributed by atoms with E-state index in [0.29, 0.717) is 11.8 Å². The molecular formula is C12H17ClN2. The van der Waals surface area contributed by atoms with Crippen molar-refractivity contribution in [1.82, 2.24) is 4.90 Å². The Morgan fingerprint density at radius 1 is 1.33 bits per heavy atom. The summed E-state index contributed by atoms with van der Waals surface area (Å²) in [5, 5.41) is 0.800. The van der Waals surface area contributed by atoms with Gasteiger partial charge >= 0.3 is 0 Å². The van der Waals surface area contributed by atoms with Gasteiger partial charge in [0.25, 0.3) is 0 Å². The first-order chi connectivity index (χ1) is 7.20. The zero-order chi connectivity index (χ0) is 10.8. The third-order valence-electron chi connectivity index (χ3n) is 3.22. The molecular weight excluding hydrogens is 208 g/mol. The first kappa shape index (κ1) is 10.9. The number of likely N-dealkylation sites (N-methyl/N-ethyl adjacent to an activating group) is 1. The van der Waals surface area contributed by atoms with Crippen molar-refractivity contribution in [2.24, 2.45) is 11.7 Å². The monoisotopic (exact) mass is 224 g/mol. The summed E-state index contributed by atoms with van der Waals surface area (Å²) >= 11 is 5.88. The Kier molecular flexibility index (Phi) is 3.29. The van der Waals surface area contributed by atoms with Gasteiger partial charge in [0.2, 0.25) is 0 Å². The average Bonchev–Trinajstić information content (AvgIpc) is 2.61. The predicted octanol–water partition coefficient (Wildman–Crippen LogP) is 1.94. The lowest BCUT2D eigenvalue weighted by atomic mass is 9.89. The number of rotatable bonds is 2. The highest BCUT2D eigenvalue weighted by Crippen LogP contribution is 2.31. The van der Waals surface area contributed by atoms with Gasteiger partial charge in [-0.3, -0.25) is 0 Å². The summed E-state index contributed by atoms with van der Waals surface area (Å²) in [6.07, 6.45) is 0. The van der Waals surface area contributed by atoms with E-state index in [4.69, 9.17) is 17.3 Å². The van der Waals surface area contributed by atoms with E-state index in [1.54, 1.807) is 0 Å². The van der Waals surface area contributed by atoms with Crippen LogP contribution in [0.3, 0.4) is 0 Å². The predicted molar refractivity (Wildman–Crippen MR) is 64.2 cm³/mol. The number of nitrogens with zero attached hydrogens (tertiary/aromatic N) is 1. The second kappa shape index (κ2) is 4.52. The molecule has 0 unspecified atom stereocenters. The zero-order valence-electron chi connectivity index (χ0n) is 8.99. The van der Waals surface area contributed by atoms with E-state index >= 15 is 0 Å². The van der Waals surface area contributed by atoms with Crippen LogP contribution in [0.2, 0.25) is 5.02 Å². The normalized spacial score (nSPS) is 27.1. The van der Waals surface area contributed by atoms with Crippen molar-refractivity contribution in [2.75, 3.05) is 26.7 Å². The maximum atomic E-state index is 5.88. The van der Waals surface area contributed by atoms with E-state index in [2.05, 4.69) is 24.1 Å². The highest BCUT2D eigenvalue weighted by Gasteiger charge is 2.30. The molecule has 1 aliphatic heterocycles. The second-order valence-electron chi connectivity index (χ2n) is 4.38. The lowest BCUT2D eigenvalue weighted by molar-refractivity contribution is 0.397. The molecule has 0 amide bonds. The number of nitrogens with two attached hydrogens (primary N) is 1. The summed E-state index contributed by atoms with van der Waals surface area (Å²) in [6.45, 7) is 2.96. The van der Waals surface area contributed by atoms with Crippen LogP contribution in [0.1, 0.15) is 11.5 Å². The van der Waals surface area contributed by atoms with Crippen molar-refractivity contribution in [3.05, 3.63) is 34.9 Å². The van der Waals surface area contributed by atoms with Gasteiger partial charge in [-0.25, -0.2) is 0 Å². The van der Waals surface area contributed by atoms with E-state index in [9.17, 15) is 0 Å². The SMILES string of the molecule is CN1C[C@@H](CN)[C@H](c2ccc(Cl)cc2)C1. The van der Waals surface area contributed by atoms with Crippen LogP contribution in [0.4, 0.5) is 0 Å². The third-order valence-corrected chi connectivity index (χ3v) is 3.48. The van der Waals surface area contributed by atoms with Gasteiger partial charge in [0.15, 0.2) is 0 Å². The molecule has 0 bridgehead atoms. The van der Waals surface area contributed by atoms with Gasteiger partial charge in [0.1, 0.15) is 0 Å². The highest BCUT2D eigenvalue weighted by molar-refractivity contribution is 6.30. The highest BCUT2D eigenvalue weighted by atomic mass is 35.5. The number of halogens is 1. The fraction of sp³-hybridized carbons (Fsp3) is 0.500. The van der Waals surface area contributed by atoms with Crippen LogP contribution in [-0.2, 0) is 0 Å². The first-order valence-corrected chi connectivity index (χ1v) is 5.72. The summed E-state index contributed by atoms with van der Waals surface area (Å²) in [7, 11) is 2.15. The quantitative estimate of drug-likeness (QED) is 0.832. The molecule has 1 aliphatic rings. The summed E-state index contributed by atoms with van der Waals surface area (Å²) in [5.74, 6) is 1.15. The first-order valence-electron chi connectivity index (χ1n) is 5.35. The van der Waals surface area contributed by atoms with Crippen molar-refractivity contribution in [2.45, 2.75) is 5.92 Å². The summed E-state index contributed by atoms with van der Waals surface area (Å²) in [5.41, 5.74) is 7.16. The van der Waals surface area contributed by atoms with E-state index in [1.807, 2.05) is 12.1 Å². The molecule has 2 nitrogen and oxygen atoms in total. The fourth-order valence-electron chi connectivity index (χ4n) is 2.41. The average molecular weight is 225 g/mol. The van der Waals surface area contributed by atoms with Crippen molar-refractivity contribution >= 4 is 11.6 Å². The fourth-order valence-corrected chi connectivity index (χ4v) is 2.54. The number of hydrogen-bond acceptors (Lipinski definition) is 2. The van der Waals surface area contributed by atoms with E-state index < -0.39 is 0 Å². The van der Waals surface area contributed by atoms with Gasteiger partial charge in [-0.1, -0.05) is 23.7 Å². The van der Waals surface area contributed by atoms with Crippen molar-refractivity contribution in [1.29, 1.82) is 0 Å². The molecule has 0 aliphatic carbocycles. The number of benzene rings is 1. The minimum Gasteiger partial charge on any atom is -0.330 e. The van der Waals surface area contributed by atoms with Gasteiger partial charge in [0, 0.05) is 24.0 Å². The van der Waals surface area contributed by atoms with E-state index in [-0.39, 0.29) is 0 Å². The summed E-state index contributed by atoms with van der Waals surface area (Å²) < 4.78 is 0. The Morgan fingerprint density at radius 3 is 2.60 bits per heavy atom. The molecule has 2 atom stereocenters.